The van der Waals surface area contributed by atoms with E-state index in [1.807, 2.05) is 30.3 Å². The van der Waals surface area contributed by atoms with E-state index in [4.69, 9.17) is 12.2 Å². The highest BCUT2D eigenvalue weighted by Crippen LogP contribution is 2.45. The number of amides is 3. The predicted octanol–water partition coefficient (Wildman–Crippen LogP) is 2.15. The summed E-state index contributed by atoms with van der Waals surface area (Å²) in [6.07, 6.45) is 0.985. The largest absolute Gasteiger partial charge is 0.354 e. The Morgan fingerprint density at radius 3 is 2.50 bits per heavy atom. The van der Waals surface area contributed by atoms with Crippen LogP contribution in [0.2, 0.25) is 0 Å². The molecular formula is C25H23N3O5S3. The molecule has 1 atom stereocenters. The lowest BCUT2D eigenvalue weighted by atomic mass is 10.1. The Morgan fingerprint density at radius 1 is 1.06 bits per heavy atom. The molecule has 0 spiro atoms. The first kappa shape index (κ1) is 24.7. The van der Waals surface area contributed by atoms with Crippen molar-refractivity contribution in [2.45, 2.75) is 18.9 Å². The zero-order valence-corrected chi connectivity index (χ0v) is 21.6. The summed E-state index contributed by atoms with van der Waals surface area (Å²) in [5.41, 5.74) is 2.40. The van der Waals surface area contributed by atoms with Gasteiger partial charge in [0.05, 0.1) is 33.7 Å². The van der Waals surface area contributed by atoms with Gasteiger partial charge in [0.1, 0.15) is 10.9 Å². The summed E-state index contributed by atoms with van der Waals surface area (Å²) in [7, 11) is -3.22. The second kappa shape index (κ2) is 9.79. The van der Waals surface area contributed by atoms with Crippen LogP contribution < -0.4 is 10.2 Å². The number of nitrogens with zero attached hydrogens (tertiary/aromatic N) is 2. The molecule has 0 aromatic heterocycles. The Labute approximate surface area is 218 Å². The van der Waals surface area contributed by atoms with Crippen LogP contribution in [0.4, 0.5) is 5.69 Å². The third-order valence-electron chi connectivity index (χ3n) is 6.40. The number of thiocarbonyl (C=S) groups is 1. The third kappa shape index (κ3) is 4.70. The van der Waals surface area contributed by atoms with Gasteiger partial charge < -0.3 is 5.32 Å². The van der Waals surface area contributed by atoms with Crippen LogP contribution in [0.25, 0.3) is 5.57 Å². The molecule has 5 rings (SSSR count). The predicted molar refractivity (Wildman–Crippen MR) is 143 cm³/mol. The van der Waals surface area contributed by atoms with Crippen LogP contribution in [-0.2, 0) is 30.6 Å². The fourth-order valence-electron chi connectivity index (χ4n) is 4.67. The number of nitrogens with one attached hydrogen (secondary N) is 1. The van der Waals surface area contributed by atoms with Gasteiger partial charge in [0.15, 0.2) is 9.84 Å². The zero-order valence-electron chi connectivity index (χ0n) is 19.2. The molecular weight excluding hydrogens is 518 g/mol. The highest BCUT2D eigenvalue weighted by Gasteiger charge is 2.46. The van der Waals surface area contributed by atoms with Gasteiger partial charge in [0, 0.05) is 12.1 Å². The molecule has 186 valence electrons. The summed E-state index contributed by atoms with van der Waals surface area (Å²) in [5.74, 6) is -1.34. The van der Waals surface area contributed by atoms with Gasteiger partial charge in [-0.25, -0.2) is 8.42 Å². The molecule has 11 heteroatoms. The Balaban J connectivity index is 1.36. The number of fused-ring (bicyclic) bond motifs is 1. The van der Waals surface area contributed by atoms with Crippen molar-refractivity contribution in [3.05, 3.63) is 70.6 Å². The normalized spacial score (nSPS) is 22.9. The number of rotatable bonds is 6. The molecule has 0 radical (unpaired) electrons. The average Bonchev–Trinajstić information content (AvgIpc) is 3.44. The van der Waals surface area contributed by atoms with Crippen molar-refractivity contribution in [2.24, 2.45) is 0 Å². The number of carbonyl (C=O) groups excluding carboxylic acids is 3. The quantitative estimate of drug-likeness (QED) is 0.442. The lowest BCUT2D eigenvalue weighted by molar-refractivity contribution is -0.123. The summed E-state index contributed by atoms with van der Waals surface area (Å²) >= 11 is 6.43. The average molecular weight is 542 g/mol. The lowest BCUT2D eigenvalue weighted by Crippen LogP contribution is -2.40. The minimum atomic E-state index is -3.22. The standard InChI is InChI=1S/C25H23N3O5S3/c29-20(26-12-10-16-6-2-1-3-7-16)14-27-19-9-5-4-8-18(19)21(23(27)30)22-24(31)28(25(34)35-22)17-11-13-36(32,33)15-17/h1-9,17H,10-15H2,(H,26,29). The van der Waals surface area contributed by atoms with Gasteiger partial charge in [-0.1, -0.05) is 72.5 Å². The second-order valence-corrected chi connectivity index (χ2v) is 12.7. The molecule has 1 unspecified atom stereocenters. The van der Waals surface area contributed by atoms with Crippen LogP contribution in [0, 0.1) is 0 Å². The van der Waals surface area contributed by atoms with Crippen molar-refractivity contribution in [3.8, 4) is 0 Å². The van der Waals surface area contributed by atoms with E-state index in [0.29, 0.717) is 30.6 Å². The summed E-state index contributed by atoms with van der Waals surface area (Å²) < 4.78 is 24.2. The van der Waals surface area contributed by atoms with Crippen molar-refractivity contribution in [1.82, 2.24) is 10.2 Å². The van der Waals surface area contributed by atoms with Crippen molar-refractivity contribution in [1.29, 1.82) is 0 Å². The van der Waals surface area contributed by atoms with Crippen molar-refractivity contribution in [3.63, 3.8) is 0 Å². The van der Waals surface area contributed by atoms with Crippen LogP contribution in [0.3, 0.4) is 0 Å². The van der Waals surface area contributed by atoms with Gasteiger partial charge >= 0.3 is 0 Å². The number of anilines is 1. The molecule has 0 aliphatic carbocycles. The maximum absolute atomic E-state index is 13.5. The monoisotopic (exact) mass is 541 g/mol. The van der Waals surface area contributed by atoms with E-state index in [0.717, 1.165) is 17.3 Å². The molecule has 2 saturated heterocycles. The van der Waals surface area contributed by atoms with E-state index in [9.17, 15) is 22.8 Å². The maximum atomic E-state index is 13.5. The first-order valence-corrected chi connectivity index (χ1v) is 14.5. The number of para-hydroxylation sites is 1. The highest BCUT2D eigenvalue weighted by atomic mass is 32.2. The summed E-state index contributed by atoms with van der Waals surface area (Å²) in [5, 5.41) is 2.85. The lowest BCUT2D eigenvalue weighted by Gasteiger charge is -2.21. The SMILES string of the molecule is O=C(CN1C(=O)C(=C2SC(=S)N(C3CCS(=O)(=O)C3)C2=O)c2ccccc21)NCCc1ccccc1. The number of sulfone groups is 1. The first-order valence-electron chi connectivity index (χ1n) is 11.5. The van der Waals surface area contributed by atoms with Gasteiger partial charge in [0.2, 0.25) is 5.91 Å². The van der Waals surface area contributed by atoms with E-state index < -0.39 is 27.7 Å². The van der Waals surface area contributed by atoms with E-state index in [1.54, 1.807) is 24.3 Å². The van der Waals surface area contributed by atoms with Crippen LogP contribution in [0.1, 0.15) is 17.5 Å². The fourth-order valence-corrected chi connectivity index (χ4v) is 7.84. The molecule has 3 aliphatic rings. The Kier molecular flexibility index (Phi) is 6.71. The minimum absolute atomic E-state index is 0.00948. The van der Waals surface area contributed by atoms with Crippen molar-refractivity contribution < 1.29 is 22.8 Å². The number of hydrogen-bond acceptors (Lipinski definition) is 7. The van der Waals surface area contributed by atoms with Crippen LogP contribution in [0.5, 0.6) is 0 Å². The minimum Gasteiger partial charge on any atom is -0.354 e. The highest BCUT2D eigenvalue weighted by molar-refractivity contribution is 8.26. The molecule has 3 aliphatic heterocycles. The maximum Gasteiger partial charge on any atom is 0.267 e. The number of hydrogen-bond donors (Lipinski definition) is 1. The molecule has 0 bridgehead atoms. The van der Waals surface area contributed by atoms with Crippen LogP contribution in [-0.4, -0.2) is 66.0 Å². The first-order chi connectivity index (χ1) is 17.2. The smallest absolute Gasteiger partial charge is 0.267 e. The second-order valence-electron chi connectivity index (χ2n) is 8.80. The van der Waals surface area contributed by atoms with Gasteiger partial charge in [-0.15, -0.1) is 0 Å². The fraction of sp³-hybridized carbons (Fsp3) is 0.280. The molecule has 2 fully saturated rings. The zero-order chi connectivity index (χ0) is 25.4. The van der Waals surface area contributed by atoms with Crippen molar-refractivity contribution >= 4 is 67.1 Å². The Hall–Kier alpha value is -3.02. The topological polar surface area (TPSA) is 104 Å². The van der Waals surface area contributed by atoms with Gasteiger partial charge in [-0.2, -0.15) is 0 Å². The van der Waals surface area contributed by atoms with Crippen LogP contribution >= 0.6 is 24.0 Å². The molecule has 36 heavy (non-hydrogen) atoms. The van der Waals surface area contributed by atoms with Gasteiger partial charge in [-0.3, -0.25) is 24.2 Å². The molecule has 2 aromatic rings. The van der Waals surface area contributed by atoms with Crippen LogP contribution in [0.15, 0.2) is 59.5 Å². The summed E-state index contributed by atoms with van der Waals surface area (Å²) in [6.45, 7) is 0.248. The Morgan fingerprint density at radius 2 is 1.78 bits per heavy atom. The van der Waals surface area contributed by atoms with Gasteiger partial charge in [-0.05, 0) is 24.5 Å². The van der Waals surface area contributed by atoms with Crippen molar-refractivity contribution in [2.75, 3.05) is 29.5 Å². The summed E-state index contributed by atoms with van der Waals surface area (Å²) in [6, 6.07) is 16.2. The van der Waals surface area contributed by atoms with E-state index in [1.165, 1.54) is 9.80 Å². The number of benzene rings is 2. The Bertz CT molecular complexity index is 1410. The molecule has 0 saturated carbocycles. The van der Waals surface area contributed by atoms with E-state index >= 15 is 0 Å². The molecule has 1 N–H and O–H groups in total. The molecule has 8 nitrogen and oxygen atoms in total. The number of thioether (sulfide) groups is 1. The van der Waals surface area contributed by atoms with E-state index in [-0.39, 0.29) is 38.8 Å². The van der Waals surface area contributed by atoms with Gasteiger partial charge in [0.25, 0.3) is 11.8 Å². The summed E-state index contributed by atoms with van der Waals surface area (Å²) in [4.78, 5) is 42.5. The van der Waals surface area contributed by atoms with E-state index in [2.05, 4.69) is 5.32 Å². The molecule has 2 aromatic carbocycles. The molecule has 3 heterocycles. The third-order valence-corrected chi connectivity index (χ3v) is 9.55. The number of carbonyl (C=O) groups is 3. The molecule has 3 amide bonds.